The lowest BCUT2D eigenvalue weighted by Crippen LogP contribution is -2.37. The van der Waals surface area contributed by atoms with E-state index in [0.717, 1.165) is 12.0 Å². The SMILES string of the molecule is Cc1ccccc1NS(=O)(=O)c1ccc(C(=O)NCCC(=O)N2CCc3sccc3C2)cc1. The molecule has 1 aromatic heterocycles. The fourth-order valence-corrected chi connectivity index (χ4v) is 5.70. The van der Waals surface area contributed by atoms with Crippen molar-refractivity contribution in [3.63, 3.8) is 0 Å². The number of sulfonamides is 1. The molecule has 3 aromatic rings. The molecule has 1 aliphatic heterocycles. The van der Waals surface area contributed by atoms with Crippen molar-refractivity contribution in [1.82, 2.24) is 10.2 Å². The lowest BCUT2D eigenvalue weighted by molar-refractivity contribution is -0.131. The maximum absolute atomic E-state index is 12.6. The second-order valence-corrected chi connectivity index (χ2v) is 10.6. The van der Waals surface area contributed by atoms with Crippen LogP contribution in [0, 0.1) is 6.92 Å². The van der Waals surface area contributed by atoms with Gasteiger partial charge in [-0.25, -0.2) is 8.42 Å². The summed E-state index contributed by atoms with van der Waals surface area (Å²) in [6.07, 6.45) is 1.09. The fourth-order valence-electron chi connectivity index (χ4n) is 3.68. The van der Waals surface area contributed by atoms with Crippen LogP contribution in [0.1, 0.15) is 32.8 Å². The third-order valence-electron chi connectivity index (χ3n) is 5.60. The number of fused-ring (bicyclic) bond motifs is 1. The monoisotopic (exact) mass is 483 g/mol. The first-order valence-electron chi connectivity index (χ1n) is 10.6. The van der Waals surface area contributed by atoms with E-state index in [1.807, 2.05) is 29.3 Å². The highest BCUT2D eigenvalue weighted by Gasteiger charge is 2.21. The number of amides is 2. The van der Waals surface area contributed by atoms with Crippen LogP contribution in [-0.4, -0.2) is 38.2 Å². The number of aryl methyl sites for hydroxylation is 1. The molecule has 0 fully saturated rings. The summed E-state index contributed by atoms with van der Waals surface area (Å²) < 4.78 is 27.8. The van der Waals surface area contributed by atoms with E-state index < -0.39 is 10.0 Å². The van der Waals surface area contributed by atoms with Crippen molar-refractivity contribution in [2.24, 2.45) is 0 Å². The van der Waals surface area contributed by atoms with Crippen LogP contribution in [-0.2, 0) is 27.8 Å². The molecule has 0 aliphatic carbocycles. The van der Waals surface area contributed by atoms with Crippen LogP contribution in [0.3, 0.4) is 0 Å². The van der Waals surface area contributed by atoms with Crippen LogP contribution >= 0.6 is 11.3 Å². The van der Waals surface area contributed by atoms with Gasteiger partial charge in [0.25, 0.3) is 15.9 Å². The first-order chi connectivity index (χ1) is 15.8. The van der Waals surface area contributed by atoms with Gasteiger partial charge in [0.05, 0.1) is 10.6 Å². The van der Waals surface area contributed by atoms with Gasteiger partial charge < -0.3 is 10.2 Å². The summed E-state index contributed by atoms with van der Waals surface area (Å²) in [4.78, 5) is 28.1. The normalized spacial score (nSPS) is 13.3. The summed E-state index contributed by atoms with van der Waals surface area (Å²) in [6, 6.07) is 14.9. The summed E-state index contributed by atoms with van der Waals surface area (Å²) in [5.74, 6) is -0.340. The average Bonchev–Trinajstić information content (AvgIpc) is 3.28. The average molecular weight is 484 g/mol. The predicted octanol–water partition coefficient (Wildman–Crippen LogP) is 3.56. The molecule has 172 valence electrons. The van der Waals surface area contributed by atoms with Gasteiger partial charge in [-0.15, -0.1) is 11.3 Å². The Bertz CT molecular complexity index is 1270. The van der Waals surface area contributed by atoms with Crippen molar-refractivity contribution in [2.75, 3.05) is 17.8 Å². The van der Waals surface area contributed by atoms with E-state index in [1.165, 1.54) is 34.7 Å². The number of nitrogens with zero attached hydrogens (tertiary/aromatic N) is 1. The molecule has 2 N–H and O–H groups in total. The van der Waals surface area contributed by atoms with E-state index in [1.54, 1.807) is 23.5 Å². The van der Waals surface area contributed by atoms with E-state index in [0.29, 0.717) is 24.3 Å². The Labute approximate surface area is 197 Å². The number of hydrogen-bond acceptors (Lipinski definition) is 5. The number of carbonyl (C=O) groups is 2. The van der Waals surface area contributed by atoms with Crippen molar-refractivity contribution < 1.29 is 18.0 Å². The first-order valence-corrected chi connectivity index (χ1v) is 13.0. The molecule has 0 bridgehead atoms. The molecular formula is C24H25N3O4S2. The van der Waals surface area contributed by atoms with Gasteiger partial charge in [0, 0.05) is 36.5 Å². The number of anilines is 1. The summed E-state index contributed by atoms with van der Waals surface area (Å²) >= 11 is 1.73. The molecular weight excluding hydrogens is 458 g/mol. The molecule has 2 amide bonds. The molecule has 1 aliphatic rings. The predicted molar refractivity (Wildman–Crippen MR) is 129 cm³/mol. The molecule has 0 spiro atoms. The van der Waals surface area contributed by atoms with E-state index in [4.69, 9.17) is 0 Å². The molecule has 0 unspecified atom stereocenters. The first kappa shape index (κ1) is 23.0. The fraction of sp³-hybridized carbons (Fsp3) is 0.250. The van der Waals surface area contributed by atoms with E-state index in [2.05, 4.69) is 16.1 Å². The van der Waals surface area contributed by atoms with Crippen molar-refractivity contribution in [2.45, 2.75) is 31.2 Å². The molecule has 0 saturated carbocycles. The van der Waals surface area contributed by atoms with Crippen LogP contribution in [0.4, 0.5) is 5.69 Å². The van der Waals surface area contributed by atoms with Gasteiger partial charge in [0.15, 0.2) is 0 Å². The second-order valence-electron chi connectivity index (χ2n) is 7.89. The van der Waals surface area contributed by atoms with Gasteiger partial charge in [-0.05, 0) is 66.2 Å². The number of rotatable bonds is 7. The van der Waals surface area contributed by atoms with Crippen LogP contribution in [0.25, 0.3) is 0 Å². The maximum atomic E-state index is 12.6. The largest absolute Gasteiger partial charge is 0.352 e. The van der Waals surface area contributed by atoms with Crippen molar-refractivity contribution in [3.05, 3.63) is 81.5 Å². The minimum absolute atomic E-state index is 0.0101. The molecule has 0 saturated heterocycles. The molecule has 2 aromatic carbocycles. The molecule has 2 heterocycles. The van der Waals surface area contributed by atoms with Crippen LogP contribution in [0.15, 0.2) is 64.9 Å². The highest BCUT2D eigenvalue weighted by atomic mass is 32.2. The van der Waals surface area contributed by atoms with Crippen molar-refractivity contribution in [1.29, 1.82) is 0 Å². The minimum atomic E-state index is -3.77. The van der Waals surface area contributed by atoms with E-state index in [-0.39, 0.29) is 29.7 Å². The van der Waals surface area contributed by atoms with Gasteiger partial charge in [-0.3, -0.25) is 14.3 Å². The van der Waals surface area contributed by atoms with Crippen molar-refractivity contribution >= 4 is 38.9 Å². The Hall–Kier alpha value is -3.17. The highest BCUT2D eigenvalue weighted by molar-refractivity contribution is 7.92. The number of thiophene rings is 1. The topological polar surface area (TPSA) is 95.6 Å². The number of carbonyl (C=O) groups excluding carboxylic acids is 2. The van der Waals surface area contributed by atoms with Gasteiger partial charge >= 0.3 is 0 Å². The third-order valence-corrected chi connectivity index (χ3v) is 8.01. The molecule has 0 radical (unpaired) electrons. The van der Waals surface area contributed by atoms with Crippen LogP contribution in [0.5, 0.6) is 0 Å². The summed E-state index contributed by atoms with van der Waals surface area (Å²) in [5, 5.41) is 4.79. The standard InChI is InChI=1S/C24H25N3O4S2/c1-17-4-2-3-5-21(17)26-33(30,31)20-8-6-18(7-9-20)24(29)25-13-10-23(28)27-14-11-22-19(16-27)12-15-32-22/h2-9,12,15,26H,10-11,13-14,16H2,1H3,(H,25,29). The Balaban J connectivity index is 1.29. The van der Waals surface area contributed by atoms with E-state index >= 15 is 0 Å². The lowest BCUT2D eigenvalue weighted by Gasteiger charge is -2.27. The van der Waals surface area contributed by atoms with Gasteiger partial charge in [0.2, 0.25) is 5.91 Å². The summed E-state index contributed by atoms with van der Waals surface area (Å²) in [5.41, 5.74) is 2.86. The van der Waals surface area contributed by atoms with E-state index in [9.17, 15) is 18.0 Å². The van der Waals surface area contributed by atoms with Gasteiger partial charge in [0.1, 0.15) is 0 Å². The number of nitrogens with one attached hydrogen (secondary N) is 2. The van der Waals surface area contributed by atoms with Crippen LogP contribution in [0.2, 0.25) is 0 Å². The smallest absolute Gasteiger partial charge is 0.261 e. The zero-order valence-corrected chi connectivity index (χ0v) is 19.8. The number of para-hydroxylation sites is 1. The number of hydrogen-bond donors (Lipinski definition) is 2. The summed E-state index contributed by atoms with van der Waals surface area (Å²) in [6.45, 7) is 3.37. The Kier molecular flexibility index (Phi) is 6.80. The molecule has 4 rings (SSSR count). The zero-order chi connectivity index (χ0) is 23.4. The van der Waals surface area contributed by atoms with Crippen molar-refractivity contribution in [3.8, 4) is 0 Å². The summed E-state index contributed by atoms with van der Waals surface area (Å²) in [7, 11) is -3.77. The van der Waals surface area contributed by atoms with Gasteiger partial charge in [-0.2, -0.15) is 0 Å². The second kappa shape index (κ2) is 9.76. The Morgan fingerprint density at radius 1 is 1.06 bits per heavy atom. The zero-order valence-electron chi connectivity index (χ0n) is 18.2. The third kappa shape index (κ3) is 5.43. The van der Waals surface area contributed by atoms with Crippen LogP contribution < -0.4 is 10.0 Å². The van der Waals surface area contributed by atoms with Gasteiger partial charge in [-0.1, -0.05) is 18.2 Å². The molecule has 0 atom stereocenters. The molecule has 7 nitrogen and oxygen atoms in total. The maximum Gasteiger partial charge on any atom is 0.261 e. The molecule has 9 heteroatoms. The minimum Gasteiger partial charge on any atom is -0.352 e. The highest BCUT2D eigenvalue weighted by Crippen LogP contribution is 2.24. The molecule has 33 heavy (non-hydrogen) atoms. The quantitative estimate of drug-likeness (QED) is 0.537. The number of benzene rings is 2. The Morgan fingerprint density at radius 3 is 2.58 bits per heavy atom. The Morgan fingerprint density at radius 2 is 1.82 bits per heavy atom. The lowest BCUT2D eigenvalue weighted by atomic mass is 10.1.